The van der Waals surface area contributed by atoms with Crippen molar-refractivity contribution < 1.29 is 14.3 Å². The van der Waals surface area contributed by atoms with Crippen molar-refractivity contribution in [2.75, 3.05) is 0 Å². The Labute approximate surface area is 191 Å². The Kier molecular flexibility index (Phi) is 4.95. The highest BCUT2D eigenvalue weighted by Gasteiger charge is 2.21. The zero-order chi connectivity index (χ0) is 22.6. The Hall–Kier alpha value is -3.29. The average molecular weight is 466 g/mol. The monoisotopic (exact) mass is 465 g/mol. The maximum Gasteiger partial charge on any atom is 0.307 e. The minimum atomic E-state index is -0.900. The van der Waals surface area contributed by atoms with Gasteiger partial charge in [-0.15, -0.1) is 11.3 Å². The van der Waals surface area contributed by atoms with Gasteiger partial charge in [-0.05, 0) is 47.9 Å². The molecule has 0 aliphatic heterocycles. The number of halogens is 2. The van der Waals surface area contributed by atoms with Gasteiger partial charge in [0, 0.05) is 34.8 Å². The molecule has 0 aliphatic carbocycles. The number of hydrogen-bond donors (Lipinski definition) is 1. The summed E-state index contributed by atoms with van der Waals surface area (Å²) in [5.74, 6) is -1.31. The number of carboxylic acids is 1. The number of aryl methyl sites for hydroxylation is 2. The summed E-state index contributed by atoms with van der Waals surface area (Å²) in [6.07, 6.45) is 2.99. The van der Waals surface area contributed by atoms with Crippen LogP contribution in [0.3, 0.4) is 0 Å². The van der Waals surface area contributed by atoms with E-state index in [9.17, 15) is 14.3 Å². The van der Waals surface area contributed by atoms with Gasteiger partial charge in [-0.3, -0.25) is 4.79 Å². The number of thiazole rings is 1. The summed E-state index contributed by atoms with van der Waals surface area (Å²) in [5, 5.41) is 11.5. The number of aliphatic carboxylic acids is 1. The van der Waals surface area contributed by atoms with Gasteiger partial charge in [0.25, 0.3) is 0 Å². The van der Waals surface area contributed by atoms with Crippen LogP contribution in [-0.4, -0.2) is 25.6 Å². The van der Waals surface area contributed by atoms with Gasteiger partial charge >= 0.3 is 5.97 Å². The zero-order valence-corrected chi connectivity index (χ0v) is 18.8. The van der Waals surface area contributed by atoms with Gasteiger partial charge in [0.05, 0.1) is 22.8 Å². The van der Waals surface area contributed by atoms with Gasteiger partial charge in [0.1, 0.15) is 16.5 Å². The van der Waals surface area contributed by atoms with Crippen molar-refractivity contribution in [2.45, 2.75) is 13.3 Å². The van der Waals surface area contributed by atoms with Crippen molar-refractivity contribution in [3.05, 3.63) is 70.8 Å². The highest BCUT2D eigenvalue weighted by atomic mass is 35.5. The van der Waals surface area contributed by atoms with Crippen molar-refractivity contribution in [3.8, 4) is 21.7 Å². The summed E-state index contributed by atoms with van der Waals surface area (Å²) < 4.78 is 16.7. The second-order valence-corrected chi connectivity index (χ2v) is 9.11. The molecule has 0 aliphatic rings. The minimum Gasteiger partial charge on any atom is -0.481 e. The van der Waals surface area contributed by atoms with Crippen molar-refractivity contribution >= 4 is 50.2 Å². The molecular weight excluding hydrogens is 449 g/mol. The first-order valence-corrected chi connectivity index (χ1v) is 11.0. The lowest BCUT2D eigenvalue weighted by Crippen LogP contribution is -2.04. The van der Waals surface area contributed by atoms with E-state index in [4.69, 9.17) is 16.6 Å². The molecule has 1 N–H and O–H groups in total. The maximum atomic E-state index is 13.9. The second kappa shape index (κ2) is 7.69. The third kappa shape index (κ3) is 3.43. The Morgan fingerprint density at radius 2 is 2.00 bits per heavy atom. The number of pyridine rings is 1. The first-order chi connectivity index (χ1) is 15.3. The average Bonchev–Trinajstić information content (AvgIpc) is 3.29. The standard InChI is InChI=1S/C24H17ClFN3O2S/c1-12-7-19-22(21(16(12)9-20(30)31)13-3-5-14(25)6-4-13)32-24(28-19)18-11-29(2)23-17(18)8-15(26)10-27-23/h3-8,10-11H,9H2,1-2H3,(H,30,31). The van der Waals surface area contributed by atoms with Gasteiger partial charge < -0.3 is 9.67 Å². The Morgan fingerprint density at radius 3 is 2.72 bits per heavy atom. The molecule has 0 amide bonds. The van der Waals surface area contributed by atoms with Crippen LogP contribution >= 0.6 is 22.9 Å². The summed E-state index contributed by atoms with van der Waals surface area (Å²) in [6.45, 7) is 1.90. The third-order valence-corrected chi connectivity index (χ3v) is 6.86. The molecule has 0 fully saturated rings. The number of rotatable bonds is 4. The van der Waals surface area contributed by atoms with E-state index >= 15 is 0 Å². The molecular formula is C24H17ClFN3O2S. The maximum absolute atomic E-state index is 13.9. The van der Waals surface area contributed by atoms with Crippen LogP contribution in [0.25, 0.3) is 42.9 Å². The van der Waals surface area contributed by atoms with Crippen LogP contribution in [0.2, 0.25) is 5.02 Å². The molecule has 0 bridgehead atoms. The number of benzene rings is 2. The molecule has 0 saturated carbocycles. The molecule has 0 saturated heterocycles. The minimum absolute atomic E-state index is 0.101. The summed E-state index contributed by atoms with van der Waals surface area (Å²) in [7, 11) is 1.86. The lowest BCUT2D eigenvalue weighted by Gasteiger charge is -2.13. The van der Waals surface area contributed by atoms with Crippen molar-refractivity contribution in [1.82, 2.24) is 14.5 Å². The molecule has 0 unspecified atom stereocenters. The lowest BCUT2D eigenvalue weighted by atomic mass is 9.93. The Balaban J connectivity index is 1.81. The molecule has 32 heavy (non-hydrogen) atoms. The first-order valence-electron chi connectivity index (χ1n) is 9.83. The fourth-order valence-corrected chi connectivity index (χ4v) is 5.35. The van der Waals surface area contributed by atoms with Crippen molar-refractivity contribution in [2.24, 2.45) is 7.05 Å². The Bertz CT molecular complexity index is 1520. The van der Waals surface area contributed by atoms with Crippen LogP contribution < -0.4 is 0 Å². The van der Waals surface area contributed by atoms with E-state index in [0.29, 0.717) is 16.1 Å². The van der Waals surface area contributed by atoms with Crippen molar-refractivity contribution in [3.63, 3.8) is 0 Å². The van der Waals surface area contributed by atoms with Crippen LogP contribution in [0.1, 0.15) is 11.1 Å². The smallest absolute Gasteiger partial charge is 0.307 e. The van der Waals surface area contributed by atoms with Crippen LogP contribution in [0.4, 0.5) is 4.39 Å². The topological polar surface area (TPSA) is 68.0 Å². The predicted octanol–water partition coefficient (Wildman–Crippen LogP) is 6.25. The fourth-order valence-electron chi connectivity index (χ4n) is 4.06. The number of aromatic nitrogens is 3. The van der Waals surface area contributed by atoms with Gasteiger partial charge in [0.2, 0.25) is 0 Å². The van der Waals surface area contributed by atoms with Gasteiger partial charge in [0.15, 0.2) is 0 Å². The third-order valence-electron chi connectivity index (χ3n) is 5.48. The molecule has 0 atom stereocenters. The van der Waals surface area contributed by atoms with E-state index in [2.05, 4.69) is 4.98 Å². The molecule has 5 nitrogen and oxygen atoms in total. The number of carbonyl (C=O) groups is 1. The van der Waals surface area contributed by atoms with E-state index < -0.39 is 11.8 Å². The molecule has 160 valence electrons. The van der Waals surface area contributed by atoms with Crippen LogP contribution in [0.5, 0.6) is 0 Å². The second-order valence-electron chi connectivity index (χ2n) is 7.67. The molecule has 2 aromatic carbocycles. The number of fused-ring (bicyclic) bond motifs is 2. The fraction of sp³-hybridized carbons (Fsp3) is 0.125. The Morgan fingerprint density at radius 1 is 1.25 bits per heavy atom. The largest absolute Gasteiger partial charge is 0.481 e. The van der Waals surface area contributed by atoms with E-state index in [1.54, 1.807) is 12.1 Å². The molecule has 5 aromatic rings. The quantitative estimate of drug-likeness (QED) is 0.341. The highest BCUT2D eigenvalue weighted by Crippen LogP contribution is 2.42. The normalized spacial score (nSPS) is 11.5. The first kappa shape index (κ1) is 20.6. The molecule has 3 heterocycles. The molecule has 8 heteroatoms. The van der Waals surface area contributed by atoms with E-state index in [0.717, 1.165) is 43.0 Å². The van der Waals surface area contributed by atoms with Crippen LogP contribution in [0.15, 0.2) is 48.8 Å². The lowest BCUT2D eigenvalue weighted by molar-refractivity contribution is -0.136. The number of nitrogens with zero attached hydrogens (tertiary/aromatic N) is 3. The van der Waals surface area contributed by atoms with Gasteiger partial charge in [-0.25, -0.2) is 14.4 Å². The van der Waals surface area contributed by atoms with Gasteiger partial charge in [-0.2, -0.15) is 0 Å². The SMILES string of the molecule is Cc1cc2nc(-c3cn(C)c4ncc(F)cc34)sc2c(-c2ccc(Cl)cc2)c1CC(=O)O. The number of carboxylic acid groups (broad SMARTS) is 1. The highest BCUT2D eigenvalue weighted by molar-refractivity contribution is 7.22. The summed E-state index contributed by atoms with van der Waals surface area (Å²) in [5.41, 5.74) is 5.53. The molecule has 3 aromatic heterocycles. The molecule has 0 spiro atoms. The zero-order valence-electron chi connectivity index (χ0n) is 17.2. The summed E-state index contributed by atoms with van der Waals surface area (Å²) in [4.78, 5) is 20.7. The summed E-state index contributed by atoms with van der Waals surface area (Å²) in [6, 6.07) is 10.7. The number of hydrogen-bond acceptors (Lipinski definition) is 4. The van der Waals surface area contributed by atoms with E-state index in [1.807, 2.05) is 42.9 Å². The predicted molar refractivity (Wildman–Crippen MR) is 126 cm³/mol. The molecule has 0 radical (unpaired) electrons. The molecule has 5 rings (SSSR count). The van der Waals surface area contributed by atoms with Gasteiger partial charge in [-0.1, -0.05) is 23.7 Å². The summed E-state index contributed by atoms with van der Waals surface area (Å²) >= 11 is 7.54. The van der Waals surface area contributed by atoms with Crippen LogP contribution in [-0.2, 0) is 18.3 Å². The van der Waals surface area contributed by atoms with E-state index in [-0.39, 0.29) is 6.42 Å². The van der Waals surface area contributed by atoms with E-state index in [1.165, 1.54) is 23.6 Å². The van der Waals surface area contributed by atoms with Crippen LogP contribution in [0, 0.1) is 12.7 Å². The van der Waals surface area contributed by atoms with Crippen molar-refractivity contribution in [1.29, 1.82) is 0 Å².